The monoisotopic (exact) mass is 284 g/mol. The van der Waals surface area contributed by atoms with Crippen LogP contribution in [0.5, 0.6) is 5.75 Å². The molecule has 1 unspecified atom stereocenters. The number of carbonyl (C=O) groups is 2. The van der Waals surface area contributed by atoms with E-state index >= 15 is 0 Å². The van der Waals surface area contributed by atoms with Gasteiger partial charge in [-0.25, -0.2) is 0 Å². The van der Waals surface area contributed by atoms with Gasteiger partial charge in [0.2, 0.25) is 5.91 Å². The van der Waals surface area contributed by atoms with Gasteiger partial charge in [0, 0.05) is 20.6 Å². The minimum atomic E-state index is -0.336. The molecule has 0 fully saturated rings. The van der Waals surface area contributed by atoms with Gasteiger partial charge < -0.3 is 15.3 Å². The molecule has 5 nitrogen and oxygen atoms in total. The molecular weight excluding hydrogens is 268 g/mol. The van der Waals surface area contributed by atoms with Crippen LogP contribution < -0.4 is 5.32 Å². The van der Waals surface area contributed by atoms with Crippen molar-refractivity contribution in [3.8, 4) is 5.75 Å². The van der Waals surface area contributed by atoms with Crippen molar-refractivity contribution in [1.29, 1.82) is 0 Å². The second-order valence-corrected chi connectivity index (χ2v) is 4.77. The van der Waals surface area contributed by atoms with E-state index in [2.05, 4.69) is 5.32 Å². The molecule has 19 heavy (non-hydrogen) atoms. The van der Waals surface area contributed by atoms with Gasteiger partial charge in [-0.3, -0.25) is 9.59 Å². The summed E-state index contributed by atoms with van der Waals surface area (Å²) in [6, 6.07) is 4.18. The molecule has 0 heterocycles. The second-order valence-electron chi connectivity index (χ2n) is 4.37. The number of phenols is 1. The second kappa shape index (κ2) is 6.43. The number of phenolic OH excluding ortho intramolecular Hbond substituents is 1. The van der Waals surface area contributed by atoms with Crippen LogP contribution in [0.4, 0.5) is 0 Å². The molecule has 1 rings (SSSR count). The molecule has 2 N–H and O–H groups in total. The van der Waals surface area contributed by atoms with Crippen LogP contribution in [0.2, 0.25) is 5.02 Å². The summed E-state index contributed by atoms with van der Waals surface area (Å²) in [6.45, 7) is 2.00. The molecule has 0 aromatic heterocycles. The fourth-order valence-electron chi connectivity index (χ4n) is 1.71. The molecule has 1 aromatic rings. The average Bonchev–Trinajstić information content (AvgIpc) is 2.39. The smallest absolute Gasteiger partial charge is 0.255 e. The molecule has 0 saturated carbocycles. The normalized spacial score (nSPS) is 11.8. The van der Waals surface area contributed by atoms with Crippen LogP contribution >= 0.6 is 11.6 Å². The van der Waals surface area contributed by atoms with Crippen LogP contribution in [-0.4, -0.2) is 42.5 Å². The highest BCUT2D eigenvalue weighted by atomic mass is 35.5. The van der Waals surface area contributed by atoms with Crippen LogP contribution in [-0.2, 0) is 4.79 Å². The lowest BCUT2D eigenvalue weighted by Crippen LogP contribution is -2.37. The highest BCUT2D eigenvalue weighted by Gasteiger charge is 2.20. The number of nitrogens with zero attached hydrogens (tertiary/aromatic N) is 1. The van der Waals surface area contributed by atoms with E-state index in [4.69, 9.17) is 11.6 Å². The van der Waals surface area contributed by atoms with Gasteiger partial charge in [0.15, 0.2) is 0 Å². The summed E-state index contributed by atoms with van der Waals surface area (Å²) in [6.07, 6.45) is 0. The molecular formula is C13H17ClN2O3. The highest BCUT2D eigenvalue weighted by molar-refractivity contribution is 6.33. The maximum atomic E-state index is 12.2. The van der Waals surface area contributed by atoms with E-state index < -0.39 is 0 Å². The number of rotatable bonds is 4. The largest absolute Gasteiger partial charge is 0.508 e. The van der Waals surface area contributed by atoms with Gasteiger partial charge in [-0.15, -0.1) is 0 Å². The summed E-state index contributed by atoms with van der Waals surface area (Å²) in [5.41, 5.74) is 0.216. The summed E-state index contributed by atoms with van der Waals surface area (Å²) in [4.78, 5) is 25.0. The van der Waals surface area contributed by atoms with E-state index in [0.29, 0.717) is 0 Å². The van der Waals surface area contributed by atoms with E-state index in [-0.39, 0.29) is 40.6 Å². The molecule has 0 bridgehead atoms. The maximum Gasteiger partial charge on any atom is 0.255 e. The van der Waals surface area contributed by atoms with Gasteiger partial charge in [0.25, 0.3) is 5.91 Å². The number of nitrogens with one attached hydrogen (secondary N) is 1. The zero-order valence-corrected chi connectivity index (χ0v) is 11.9. The molecule has 1 atom stereocenters. The van der Waals surface area contributed by atoms with Crippen LogP contribution in [0.15, 0.2) is 18.2 Å². The molecule has 0 aliphatic rings. The molecule has 1 aromatic carbocycles. The van der Waals surface area contributed by atoms with E-state index in [0.717, 1.165) is 0 Å². The first kappa shape index (κ1) is 15.3. The molecule has 0 aliphatic carbocycles. The Labute approximate surface area is 117 Å². The third kappa shape index (κ3) is 3.86. The summed E-state index contributed by atoms with van der Waals surface area (Å²) in [5.74, 6) is -0.825. The molecule has 2 amide bonds. The van der Waals surface area contributed by atoms with Crippen molar-refractivity contribution in [2.24, 2.45) is 5.92 Å². The molecule has 6 heteroatoms. The summed E-state index contributed by atoms with van der Waals surface area (Å²) < 4.78 is 0. The molecule has 0 spiro atoms. The molecule has 104 valence electrons. The van der Waals surface area contributed by atoms with Crippen LogP contribution in [0.3, 0.4) is 0 Å². The number of amides is 2. The van der Waals surface area contributed by atoms with E-state index in [1.807, 2.05) is 0 Å². The van der Waals surface area contributed by atoms with Crippen molar-refractivity contribution in [2.75, 3.05) is 20.6 Å². The summed E-state index contributed by atoms with van der Waals surface area (Å²) in [7, 11) is 3.13. The van der Waals surface area contributed by atoms with Crippen molar-refractivity contribution < 1.29 is 14.7 Å². The zero-order chi connectivity index (χ0) is 14.6. The first-order chi connectivity index (χ1) is 8.86. The van der Waals surface area contributed by atoms with Crippen LogP contribution in [0, 0.1) is 5.92 Å². The SMILES string of the molecule is CNC(=O)C(C)CN(C)C(=O)c1cc(O)ccc1Cl. The standard InChI is InChI=1S/C13H17ClN2O3/c1-8(12(18)15-2)7-16(3)13(19)10-6-9(17)4-5-11(10)14/h4-6,8,17H,7H2,1-3H3,(H,15,18). The maximum absolute atomic E-state index is 12.2. The van der Waals surface area contributed by atoms with Crippen molar-refractivity contribution in [3.63, 3.8) is 0 Å². The van der Waals surface area contributed by atoms with Crippen molar-refractivity contribution in [2.45, 2.75) is 6.92 Å². The fraction of sp³-hybridized carbons (Fsp3) is 0.385. The average molecular weight is 285 g/mol. The third-order valence-corrected chi connectivity index (χ3v) is 3.10. The van der Waals surface area contributed by atoms with E-state index in [1.165, 1.54) is 23.1 Å². The Kier molecular flexibility index (Phi) is 5.18. The Morgan fingerprint density at radius 1 is 1.47 bits per heavy atom. The number of carbonyl (C=O) groups excluding carboxylic acids is 2. The quantitative estimate of drug-likeness (QED) is 0.880. The Morgan fingerprint density at radius 2 is 2.11 bits per heavy atom. The van der Waals surface area contributed by atoms with Crippen molar-refractivity contribution >= 4 is 23.4 Å². The van der Waals surface area contributed by atoms with Gasteiger partial charge in [-0.1, -0.05) is 18.5 Å². The lowest BCUT2D eigenvalue weighted by Gasteiger charge is -2.21. The van der Waals surface area contributed by atoms with Gasteiger partial charge in [0.05, 0.1) is 16.5 Å². The van der Waals surface area contributed by atoms with Gasteiger partial charge in [-0.2, -0.15) is 0 Å². The molecule has 0 radical (unpaired) electrons. The highest BCUT2D eigenvalue weighted by Crippen LogP contribution is 2.22. The van der Waals surface area contributed by atoms with E-state index in [1.54, 1.807) is 21.0 Å². The fourth-order valence-corrected chi connectivity index (χ4v) is 1.90. The van der Waals surface area contributed by atoms with Gasteiger partial charge in [-0.05, 0) is 18.2 Å². The summed E-state index contributed by atoms with van der Waals surface area (Å²) >= 11 is 5.92. The van der Waals surface area contributed by atoms with Crippen LogP contribution in [0.1, 0.15) is 17.3 Å². The number of aromatic hydroxyl groups is 1. The first-order valence-electron chi connectivity index (χ1n) is 5.82. The Hall–Kier alpha value is -1.75. The predicted molar refractivity (Wildman–Crippen MR) is 73.3 cm³/mol. The Bertz CT molecular complexity index is 491. The minimum Gasteiger partial charge on any atom is -0.508 e. The lowest BCUT2D eigenvalue weighted by molar-refractivity contribution is -0.124. The minimum absolute atomic E-state index is 0.0273. The number of benzene rings is 1. The zero-order valence-electron chi connectivity index (χ0n) is 11.1. The van der Waals surface area contributed by atoms with E-state index in [9.17, 15) is 14.7 Å². The molecule has 0 saturated heterocycles. The summed E-state index contributed by atoms with van der Waals surface area (Å²) in [5, 5.41) is 12.2. The predicted octanol–water partition coefficient (Wildman–Crippen LogP) is 1.50. The lowest BCUT2D eigenvalue weighted by atomic mass is 10.1. The first-order valence-corrected chi connectivity index (χ1v) is 6.20. The van der Waals surface area contributed by atoms with Crippen LogP contribution in [0.25, 0.3) is 0 Å². The Balaban J connectivity index is 2.82. The van der Waals surface area contributed by atoms with Gasteiger partial charge in [0.1, 0.15) is 5.75 Å². The number of halogens is 1. The van der Waals surface area contributed by atoms with Crippen molar-refractivity contribution in [3.05, 3.63) is 28.8 Å². The number of hydrogen-bond acceptors (Lipinski definition) is 3. The van der Waals surface area contributed by atoms with Gasteiger partial charge >= 0.3 is 0 Å². The van der Waals surface area contributed by atoms with Crippen molar-refractivity contribution in [1.82, 2.24) is 10.2 Å². The third-order valence-electron chi connectivity index (χ3n) is 2.77. The Morgan fingerprint density at radius 3 is 2.68 bits per heavy atom. The number of hydrogen-bond donors (Lipinski definition) is 2. The molecule has 0 aliphatic heterocycles. The topological polar surface area (TPSA) is 69.6 Å².